The second-order valence-corrected chi connectivity index (χ2v) is 6.74. The average Bonchev–Trinajstić information content (AvgIpc) is 2.60. The molecule has 0 aliphatic heterocycles. The maximum absolute atomic E-state index is 12.4. The normalized spacial score (nSPS) is 13.2. The van der Waals surface area contributed by atoms with E-state index < -0.39 is 0 Å². The van der Waals surface area contributed by atoms with Crippen LogP contribution < -0.4 is 10.1 Å². The second kappa shape index (κ2) is 8.63. The molecule has 0 aromatic heterocycles. The molecule has 0 unspecified atom stereocenters. The molecule has 0 saturated carbocycles. The summed E-state index contributed by atoms with van der Waals surface area (Å²) in [6.07, 6.45) is 0. The molecular formula is C19H23NO2S. The predicted molar refractivity (Wildman–Crippen MR) is 96.8 cm³/mol. The first-order chi connectivity index (χ1) is 11.1. The van der Waals surface area contributed by atoms with E-state index in [4.69, 9.17) is 4.74 Å². The van der Waals surface area contributed by atoms with Gasteiger partial charge < -0.3 is 10.1 Å². The third-order valence-electron chi connectivity index (χ3n) is 3.68. The number of carbonyl (C=O) groups is 1. The van der Waals surface area contributed by atoms with Gasteiger partial charge in [0, 0.05) is 11.3 Å². The Kier molecular flexibility index (Phi) is 6.53. The van der Waals surface area contributed by atoms with E-state index in [1.807, 2.05) is 56.3 Å². The number of carbonyl (C=O) groups excluding carboxylic acids is 1. The van der Waals surface area contributed by atoms with Crippen molar-refractivity contribution >= 4 is 17.7 Å². The molecule has 0 fully saturated rings. The van der Waals surface area contributed by atoms with Crippen LogP contribution in [0.2, 0.25) is 0 Å². The highest BCUT2D eigenvalue weighted by Gasteiger charge is 2.18. The number of hydrogen-bond acceptors (Lipinski definition) is 3. The SMILES string of the molecule is COc1ccccc1[C@@H](C)NC(=O)[C@H](C)SCc1ccccc1. The van der Waals surface area contributed by atoms with Crippen LogP contribution in [-0.4, -0.2) is 18.3 Å². The molecule has 0 radical (unpaired) electrons. The minimum Gasteiger partial charge on any atom is -0.496 e. The Balaban J connectivity index is 1.90. The quantitative estimate of drug-likeness (QED) is 0.827. The highest BCUT2D eigenvalue weighted by molar-refractivity contribution is 7.99. The number of thioether (sulfide) groups is 1. The third-order valence-corrected chi connectivity index (χ3v) is 4.89. The molecule has 0 heterocycles. The highest BCUT2D eigenvalue weighted by atomic mass is 32.2. The molecule has 122 valence electrons. The van der Waals surface area contributed by atoms with Crippen molar-refractivity contribution in [3.63, 3.8) is 0 Å². The van der Waals surface area contributed by atoms with Crippen molar-refractivity contribution in [2.75, 3.05) is 7.11 Å². The van der Waals surface area contributed by atoms with Crippen molar-refractivity contribution in [3.05, 3.63) is 65.7 Å². The standard InChI is InChI=1S/C19H23NO2S/c1-14(17-11-7-8-12-18(17)22-3)20-19(21)15(2)23-13-16-9-5-4-6-10-16/h4-12,14-15H,13H2,1-3H3,(H,20,21)/t14-,15+/m1/s1. The Hall–Kier alpha value is -1.94. The van der Waals surface area contributed by atoms with Gasteiger partial charge in [-0.05, 0) is 25.5 Å². The molecule has 2 rings (SSSR count). The smallest absolute Gasteiger partial charge is 0.233 e. The van der Waals surface area contributed by atoms with E-state index in [0.717, 1.165) is 17.1 Å². The van der Waals surface area contributed by atoms with Gasteiger partial charge in [0.15, 0.2) is 0 Å². The van der Waals surface area contributed by atoms with E-state index in [1.54, 1.807) is 18.9 Å². The van der Waals surface area contributed by atoms with Crippen LogP contribution in [0.15, 0.2) is 54.6 Å². The van der Waals surface area contributed by atoms with Gasteiger partial charge in [-0.15, -0.1) is 11.8 Å². The summed E-state index contributed by atoms with van der Waals surface area (Å²) in [6.45, 7) is 3.92. The number of nitrogens with one attached hydrogen (secondary N) is 1. The molecule has 4 heteroatoms. The minimum absolute atomic E-state index is 0.0457. The first kappa shape index (κ1) is 17.4. The van der Waals surface area contributed by atoms with Gasteiger partial charge in [0.25, 0.3) is 0 Å². The van der Waals surface area contributed by atoms with E-state index in [9.17, 15) is 4.79 Å². The Labute approximate surface area is 142 Å². The molecule has 0 spiro atoms. The van der Waals surface area contributed by atoms with Crippen LogP contribution in [0.3, 0.4) is 0 Å². The lowest BCUT2D eigenvalue weighted by Crippen LogP contribution is -2.33. The largest absolute Gasteiger partial charge is 0.496 e. The van der Waals surface area contributed by atoms with Crippen molar-refractivity contribution in [1.82, 2.24) is 5.32 Å². The number of methoxy groups -OCH3 is 1. The summed E-state index contributed by atoms with van der Waals surface area (Å²) in [5.74, 6) is 1.67. The fourth-order valence-electron chi connectivity index (χ4n) is 2.30. The van der Waals surface area contributed by atoms with Gasteiger partial charge in [0.1, 0.15) is 5.75 Å². The average molecular weight is 329 g/mol. The minimum atomic E-state index is -0.104. The number of rotatable bonds is 7. The van der Waals surface area contributed by atoms with Gasteiger partial charge in [0.2, 0.25) is 5.91 Å². The van der Waals surface area contributed by atoms with E-state index in [2.05, 4.69) is 17.4 Å². The van der Waals surface area contributed by atoms with E-state index >= 15 is 0 Å². The van der Waals surface area contributed by atoms with Gasteiger partial charge in [-0.25, -0.2) is 0 Å². The van der Waals surface area contributed by atoms with Crippen LogP contribution in [0.5, 0.6) is 5.75 Å². The summed E-state index contributed by atoms with van der Waals surface area (Å²) in [5.41, 5.74) is 2.22. The van der Waals surface area contributed by atoms with E-state index in [-0.39, 0.29) is 17.2 Å². The first-order valence-electron chi connectivity index (χ1n) is 7.70. The van der Waals surface area contributed by atoms with Crippen LogP contribution in [0, 0.1) is 0 Å². The number of para-hydroxylation sites is 1. The van der Waals surface area contributed by atoms with E-state index in [1.165, 1.54) is 5.56 Å². The Morgan fingerprint density at radius 2 is 1.74 bits per heavy atom. The topological polar surface area (TPSA) is 38.3 Å². The maximum Gasteiger partial charge on any atom is 0.233 e. The van der Waals surface area contributed by atoms with Crippen molar-refractivity contribution in [2.45, 2.75) is 30.9 Å². The highest BCUT2D eigenvalue weighted by Crippen LogP contribution is 2.25. The Morgan fingerprint density at radius 3 is 2.43 bits per heavy atom. The number of hydrogen-bond donors (Lipinski definition) is 1. The number of benzene rings is 2. The molecule has 0 aliphatic rings. The lowest BCUT2D eigenvalue weighted by Gasteiger charge is -2.19. The predicted octanol–water partition coefficient (Wildman–Crippen LogP) is 4.19. The van der Waals surface area contributed by atoms with Crippen LogP contribution >= 0.6 is 11.8 Å². The molecule has 2 atom stereocenters. The summed E-state index contributed by atoms with van der Waals surface area (Å²) in [6, 6.07) is 17.9. The summed E-state index contributed by atoms with van der Waals surface area (Å²) < 4.78 is 5.36. The second-order valence-electron chi connectivity index (χ2n) is 5.41. The zero-order valence-corrected chi connectivity index (χ0v) is 14.6. The van der Waals surface area contributed by atoms with Gasteiger partial charge in [-0.2, -0.15) is 0 Å². The lowest BCUT2D eigenvalue weighted by molar-refractivity contribution is -0.120. The summed E-state index contributed by atoms with van der Waals surface area (Å²) in [4.78, 5) is 12.4. The summed E-state index contributed by atoms with van der Waals surface area (Å²) >= 11 is 1.64. The molecule has 3 nitrogen and oxygen atoms in total. The maximum atomic E-state index is 12.4. The van der Waals surface area contributed by atoms with Crippen molar-refractivity contribution < 1.29 is 9.53 Å². The van der Waals surface area contributed by atoms with Crippen molar-refractivity contribution in [2.24, 2.45) is 0 Å². The van der Waals surface area contributed by atoms with Crippen LogP contribution in [0.25, 0.3) is 0 Å². The van der Waals surface area contributed by atoms with Crippen molar-refractivity contribution in [3.8, 4) is 5.75 Å². The molecule has 0 bridgehead atoms. The van der Waals surface area contributed by atoms with Gasteiger partial charge in [-0.3, -0.25) is 4.79 Å². The van der Waals surface area contributed by atoms with Gasteiger partial charge in [-0.1, -0.05) is 48.5 Å². The monoisotopic (exact) mass is 329 g/mol. The molecule has 2 aromatic rings. The first-order valence-corrected chi connectivity index (χ1v) is 8.75. The molecule has 1 N–H and O–H groups in total. The zero-order valence-electron chi connectivity index (χ0n) is 13.8. The van der Waals surface area contributed by atoms with Gasteiger partial charge in [0.05, 0.1) is 18.4 Å². The summed E-state index contributed by atoms with van der Waals surface area (Å²) in [7, 11) is 1.64. The molecule has 0 aliphatic carbocycles. The Morgan fingerprint density at radius 1 is 1.09 bits per heavy atom. The fourth-order valence-corrected chi connectivity index (χ4v) is 3.16. The summed E-state index contributed by atoms with van der Waals surface area (Å²) in [5, 5.41) is 2.96. The third kappa shape index (κ3) is 5.03. The molecular weight excluding hydrogens is 306 g/mol. The zero-order chi connectivity index (χ0) is 16.7. The number of ether oxygens (including phenoxy) is 1. The molecule has 23 heavy (non-hydrogen) atoms. The van der Waals surface area contributed by atoms with Crippen LogP contribution in [0.4, 0.5) is 0 Å². The fraction of sp³-hybridized carbons (Fsp3) is 0.316. The lowest BCUT2D eigenvalue weighted by atomic mass is 10.1. The molecule has 1 amide bonds. The van der Waals surface area contributed by atoms with Crippen LogP contribution in [-0.2, 0) is 10.5 Å². The molecule has 2 aromatic carbocycles. The molecule has 0 saturated heterocycles. The van der Waals surface area contributed by atoms with Gasteiger partial charge >= 0.3 is 0 Å². The number of amides is 1. The Bertz CT molecular complexity index is 630. The van der Waals surface area contributed by atoms with E-state index in [0.29, 0.717) is 0 Å². The van der Waals surface area contributed by atoms with Crippen molar-refractivity contribution in [1.29, 1.82) is 0 Å². The van der Waals surface area contributed by atoms with Crippen LogP contribution in [0.1, 0.15) is 31.0 Å².